The number of fused-ring (bicyclic) bond motifs is 3. The van der Waals surface area contributed by atoms with E-state index < -0.39 is 0 Å². The van der Waals surface area contributed by atoms with Crippen LogP contribution >= 0.6 is 0 Å². The minimum atomic E-state index is 0.0371. The fraction of sp³-hybridized carbons (Fsp3) is 0.423. The van der Waals surface area contributed by atoms with Gasteiger partial charge in [-0.2, -0.15) is 0 Å². The van der Waals surface area contributed by atoms with Gasteiger partial charge in [0, 0.05) is 37.3 Å². The van der Waals surface area contributed by atoms with Crippen molar-refractivity contribution >= 4 is 11.6 Å². The van der Waals surface area contributed by atoms with Crippen LogP contribution in [0.1, 0.15) is 29.2 Å². The predicted molar refractivity (Wildman–Crippen MR) is 131 cm³/mol. The van der Waals surface area contributed by atoms with Crippen molar-refractivity contribution < 1.29 is 9.53 Å². The minimum absolute atomic E-state index is 0.0371. The molecule has 3 aromatic rings. The number of methoxy groups -OCH3 is 1. The van der Waals surface area contributed by atoms with Crippen LogP contribution in [0, 0.1) is 6.92 Å². The number of benzene rings is 2. The predicted octanol–water partition coefficient (Wildman–Crippen LogP) is 2.83. The highest BCUT2D eigenvalue weighted by atomic mass is 16.5. The highest BCUT2D eigenvalue weighted by molar-refractivity contribution is 5.92. The number of hydrogen-bond donors (Lipinski definition) is 1. The van der Waals surface area contributed by atoms with Crippen LogP contribution in [0.15, 0.2) is 42.5 Å². The van der Waals surface area contributed by atoms with E-state index in [0.29, 0.717) is 6.54 Å². The molecule has 8 heteroatoms. The first-order valence-corrected chi connectivity index (χ1v) is 12.0. The molecule has 1 amide bonds. The Kier molecular flexibility index (Phi) is 6.60. The van der Waals surface area contributed by atoms with Crippen LogP contribution < -0.4 is 10.1 Å². The van der Waals surface area contributed by atoms with E-state index in [1.165, 1.54) is 11.1 Å². The molecule has 1 fully saturated rings. The molecule has 1 saturated heterocycles. The van der Waals surface area contributed by atoms with Gasteiger partial charge in [-0.1, -0.05) is 18.2 Å². The Morgan fingerprint density at radius 1 is 1.03 bits per heavy atom. The van der Waals surface area contributed by atoms with Gasteiger partial charge in [0.2, 0.25) is 5.91 Å². The second-order valence-electron chi connectivity index (χ2n) is 9.11. The summed E-state index contributed by atoms with van der Waals surface area (Å²) in [6, 6.07) is 14.3. The molecule has 0 atom stereocenters. The quantitative estimate of drug-likeness (QED) is 0.610. The van der Waals surface area contributed by atoms with Crippen LogP contribution in [0.3, 0.4) is 0 Å². The fourth-order valence-electron chi connectivity index (χ4n) is 5.03. The first kappa shape index (κ1) is 22.6. The standard InChI is InChI=1S/C26H32N6O2/c1-19-28-29-25-11-8-20-16-22(9-10-23(20)32(19)25)27-26(33)18-31-13-5-12-30(14-15-31)17-21-6-3-4-7-24(21)34-2/h3-4,6-7,9-10,16H,5,8,11-15,17-18H2,1-2H3,(H,27,33). The zero-order chi connectivity index (χ0) is 23.5. The SMILES string of the molecule is COc1ccccc1CN1CCCN(CC(=O)Nc2ccc3c(c2)CCc2nnc(C)n2-3)CC1. The minimum Gasteiger partial charge on any atom is -0.496 e. The van der Waals surface area contributed by atoms with Crippen LogP contribution in [0.2, 0.25) is 0 Å². The van der Waals surface area contributed by atoms with Crippen LogP contribution in [-0.2, 0) is 24.2 Å². The highest BCUT2D eigenvalue weighted by Crippen LogP contribution is 2.27. The summed E-state index contributed by atoms with van der Waals surface area (Å²) in [5.41, 5.74) is 4.39. The molecule has 1 aromatic heterocycles. The van der Waals surface area contributed by atoms with Gasteiger partial charge in [0.15, 0.2) is 0 Å². The Hall–Kier alpha value is -3.23. The van der Waals surface area contributed by atoms with Crippen molar-refractivity contribution in [1.29, 1.82) is 0 Å². The molecule has 178 valence electrons. The van der Waals surface area contributed by atoms with Crippen molar-refractivity contribution in [1.82, 2.24) is 24.6 Å². The molecule has 0 unspecified atom stereocenters. The number of aryl methyl sites for hydroxylation is 3. The Bertz CT molecular complexity index is 1170. The summed E-state index contributed by atoms with van der Waals surface area (Å²) < 4.78 is 7.61. The Labute approximate surface area is 200 Å². The van der Waals surface area contributed by atoms with Gasteiger partial charge in [0.1, 0.15) is 17.4 Å². The second-order valence-corrected chi connectivity index (χ2v) is 9.11. The van der Waals surface area contributed by atoms with Gasteiger partial charge >= 0.3 is 0 Å². The summed E-state index contributed by atoms with van der Waals surface area (Å²) in [7, 11) is 1.72. The average molecular weight is 461 g/mol. The average Bonchev–Trinajstić information content (AvgIpc) is 3.09. The zero-order valence-corrected chi connectivity index (χ0v) is 20.0. The van der Waals surface area contributed by atoms with Crippen LogP contribution in [0.25, 0.3) is 5.69 Å². The number of nitrogens with one attached hydrogen (secondary N) is 1. The molecule has 0 aliphatic carbocycles. The lowest BCUT2D eigenvalue weighted by Gasteiger charge is -2.22. The van der Waals surface area contributed by atoms with E-state index in [4.69, 9.17) is 4.74 Å². The number of para-hydroxylation sites is 1. The van der Waals surface area contributed by atoms with E-state index in [2.05, 4.69) is 54.1 Å². The van der Waals surface area contributed by atoms with E-state index >= 15 is 0 Å². The number of nitrogens with zero attached hydrogens (tertiary/aromatic N) is 5. The van der Waals surface area contributed by atoms with Crippen LogP contribution in [0.5, 0.6) is 5.75 Å². The van der Waals surface area contributed by atoms with Gasteiger partial charge in [-0.05, 0) is 62.7 Å². The van der Waals surface area contributed by atoms with Crippen molar-refractivity contribution in [3.05, 3.63) is 65.2 Å². The number of rotatable bonds is 6. The number of ether oxygens (including phenoxy) is 1. The van der Waals surface area contributed by atoms with Gasteiger partial charge in [-0.3, -0.25) is 19.2 Å². The number of anilines is 1. The zero-order valence-electron chi connectivity index (χ0n) is 20.0. The van der Waals surface area contributed by atoms with E-state index in [9.17, 15) is 4.79 Å². The Balaban J connectivity index is 1.16. The molecule has 0 radical (unpaired) electrons. The van der Waals surface area contributed by atoms with Gasteiger partial charge < -0.3 is 10.1 Å². The lowest BCUT2D eigenvalue weighted by atomic mass is 10.0. The number of amides is 1. The molecular formula is C26H32N6O2. The normalized spacial score (nSPS) is 16.4. The lowest BCUT2D eigenvalue weighted by Crippen LogP contribution is -2.36. The van der Waals surface area contributed by atoms with Crippen LogP contribution in [-0.4, -0.2) is 70.3 Å². The summed E-state index contributed by atoms with van der Waals surface area (Å²) in [5, 5.41) is 11.6. The number of carbonyl (C=O) groups is 1. The van der Waals surface area contributed by atoms with Crippen molar-refractivity contribution in [2.24, 2.45) is 0 Å². The summed E-state index contributed by atoms with van der Waals surface area (Å²) >= 11 is 0. The third-order valence-electron chi connectivity index (χ3n) is 6.75. The van der Waals surface area contributed by atoms with Gasteiger partial charge in [0.05, 0.1) is 19.3 Å². The van der Waals surface area contributed by atoms with Gasteiger partial charge in [-0.25, -0.2) is 0 Å². The summed E-state index contributed by atoms with van der Waals surface area (Å²) in [6.07, 6.45) is 2.82. The van der Waals surface area contributed by atoms with Crippen molar-refractivity contribution in [3.8, 4) is 11.4 Å². The van der Waals surface area contributed by atoms with Crippen molar-refractivity contribution in [3.63, 3.8) is 0 Å². The first-order valence-electron chi connectivity index (χ1n) is 12.0. The van der Waals surface area contributed by atoms with Crippen LogP contribution in [0.4, 0.5) is 5.69 Å². The molecular weight excluding hydrogens is 428 g/mol. The second kappa shape index (κ2) is 9.95. The summed E-state index contributed by atoms with van der Waals surface area (Å²) in [6.45, 7) is 7.01. The molecule has 1 N–H and O–H groups in total. The third kappa shape index (κ3) is 4.83. The maximum atomic E-state index is 12.8. The number of hydrogen-bond acceptors (Lipinski definition) is 6. The molecule has 2 aliphatic heterocycles. The monoisotopic (exact) mass is 460 g/mol. The molecule has 3 heterocycles. The fourth-order valence-corrected chi connectivity index (χ4v) is 5.03. The topological polar surface area (TPSA) is 75.5 Å². The molecule has 2 aliphatic rings. The Morgan fingerprint density at radius 3 is 2.74 bits per heavy atom. The van der Waals surface area contributed by atoms with E-state index in [-0.39, 0.29) is 5.91 Å². The maximum Gasteiger partial charge on any atom is 0.238 e. The van der Waals surface area contributed by atoms with Gasteiger partial charge in [-0.15, -0.1) is 10.2 Å². The molecule has 0 spiro atoms. The van der Waals surface area contributed by atoms with E-state index in [0.717, 1.165) is 80.8 Å². The molecule has 2 aromatic carbocycles. The van der Waals surface area contributed by atoms with Gasteiger partial charge in [0.25, 0.3) is 0 Å². The van der Waals surface area contributed by atoms with E-state index in [1.54, 1.807) is 7.11 Å². The highest BCUT2D eigenvalue weighted by Gasteiger charge is 2.21. The number of aromatic nitrogens is 3. The summed E-state index contributed by atoms with van der Waals surface area (Å²) in [5.74, 6) is 2.87. The molecule has 34 heavy (non-hydrogen) atoms. The lowest BCUT2D eigenvalue weighted by molar-refractivity contribution is -0.117. The molecule has 0 bridgehead atoms. The van der Waals surface area contributed by atoms with Crippen molar-refractivity contribution in [2.45, 2.75) is 32.7 Å². The molecule has 0 saturated carbocycles. The smallest absolute Gasteiger partial charge is 0.238 e. The summed E-state index contributed by atoms with van der Waals surface area (Å²) in [4.78, 5) is 17.5. The van der Waals surface area contributed by atoms with Crippen molar-refractivity contribution in [2.75, 3.05) is 45.2 Å². The first-order chi connectivity index (χ1) is 16.6. The maximum absolute atomic E-state index is 12.8. The van der Waals surface area contributed by atoms with E-state index in [1.807, 2.05) is 25.1 Å². The number of carbonyl (C=O) groups excluding carboxylic acids is 1. The molecule has 8 nitrogen and oxygen atoms in total. The Morgan fingerprint density at radius 2 is 1.85 bits per heavy atom. The largest absolute Gasteiger partial charge is 0.496 e. The third-order valence-corrected chi connectivity index (χ3v) is 6.75. The molecule has 5 rings (SSSR count).